The van der Waals surface area contributed by atoms with Crippen LogP contribution in [-0.2, 0) is 9.63 Å². The molecule has 6 heteroatoms. The van der Waals surface area contributed by atoms with Gasteiger partial charge in [-0.05, 0) is 24.9 Å². The van der Waals surface area contributed by atoms with Gasteiger partial charge in [0, 0.05) is 4.91 Å². The second kappa shape index (κ2) is 3.80. The Morgan fingerprint density at radius 2 is 2.64 bits per heavy atom. The summed E-state index contributed by atoms with van der Waals surface area (Å²) < 4.78 is 0. The first kappa shape index (κ1) is 7.84. The first-order valence-electron chi connectivity index (χ1n) is 3.33. The molecule has 1 fully saturated rings. The lowest BCUT2D eigenvalue weighted by Gasteiger charge is -2.03. The molecular formula is C5H8N4O2. The third kappa shape index (κ3) is 2.10. The first-order chi connectivity index (χ1) is 5.34. The van der Waals surface area contributed by atoms with E-state index >= 15 is 0 Å². The first-order valence-corrected chi connectivity index (χ1v) is 3.33. The van der Waals surface area contributed by atoms with Crippen molar-refractivity contribution in [2.75, 3.05) is 6.54 Å². The summed E-state index contributed by atoms with van der Waals surface area (Å²) in [5, 5.41) is 5.61. The Balaban J connectivity index is 2.34. The van der Waals surface area contributed by atoms with Crippen LogP contribution in [0.1, 0.15) is 12.8 Å². The zero-order valence-corrected chi connectivity index (χ0v) is 5.86. The number of nitrogens with zero attached hydrogens (tertiary/aromatic N) is 3. The van der Waals surface area contributed by atoms with E-state index in [2.05, 4.69) is 20.3 Å². The third-order valence-electron chi connectivity index (χ3n) is 1.51. The monoisotopic (exact) mass is 156 g/mol. The van der Waals surface area contributed by atoms with E-state index in [1.807, 2.05) is 0 Å². The second-order valence-electron chi connectivity index (χ2n) is 2.23. The van der Waals surface area contributed by atoms with E-state index in [4.69, 9.17) is 5.53 Å². The molecule has 11 heavy (non-hydrogen) atoms. The molecule has 1 aliphatic heterocycles. The molecule has 0 radical (unpaired) electrons. The van der Waals surface area contributed by atoms with Crippen LogP contribution in [0, 0.1) is 0 Å². The number of hydrogen-bond acceptors (Lipinski definition) is 4. The van der Waals surface area contributed by atoms with Crippen molar-refractivity contribution in [3.05, 3.63) is 10.4 Å². The molecule has 0 aromatic carbocycles. The molecule has 0 amide bonds. The van der Waals surface area contributed by atoms with Gasteiger partial charge >= 0.3 is 5.97 Å². The highest BCUT2D eigenvalue weighted by Crippen LogP contribution is 2.06. The minimum Gasteiger partial charge on any atom is -0.357 e. The van der Waals surface area contributed by atoms with E-state index in [1.165, 1.54) is 0 Å². The van der Waals surface area contributed by atoms with Crippen molar-refractivity contribution in [1.82, 2.24) is 5.32 Å². The molecule has 1 heterocycles. The molecular weight excluding hydrogens is 148 g/mol. The van der Waals surface area contributed by atoms with Crippen LogP contribution in [0.3, 0.4) is 0 Å². The Labute approximate surface area is 63.1 Å². The molecule has 6 nitrogen and oxygen atoms in total. The summed E-state index contributed by atoms with van der Waals surface area (Å²) >= 11 is 0. The average Bonchev–Trinajstić information content (AvgIpc) is 2.52. The van der Waals surface area contributed by atoms with Crippen molar-refractivity contribution >= 4 is 5.97 Å². The summed E-state index contributed by atoms with van der Waals surface area (Å²) in [5.74, 6) is -0.500. The van der Waals surface area contributed by atoms with E-state index in [0.29, 0.717) is 0 Å². The normalized spacial score (nSPS) is 22.4. The highest BCUT2D eigenvalue weighted by Gasteiger charge is 2.22. The minimum atomic E-state index is -0.500. The van der Waals surface area contributed by atoms with Crippen LogP contribution in [0.2, 0.25) is 0 Å². The van der Waals surface area contributed by atoms with E-state index in [-0.39, 0.29) is 6.04 Å². The van der Waals surface area contributed by atoms with Gasteiger partial charge < -0.3 is 10.2 Å². The molecule has 0 aromatic rings. The van der Waals surface area contributed by atoms with Crippen LogP contribution < -0.4 is 5.32 Å². The number of nitrogens with one attached hydrogen (secondary N) is 1. The Kier molecular flexibility index (Phi) is 2.71. The van der Waals surface area contributed by atoms with Gasteiger partial charge in [0.25, 0.3) is 0 Å². The second-order valence-corrected chi connectivity index (χ2v) is 2.23. The predicted molar refractivity (Wildman–Crippen MR) is 36.3 cm³/mol. The Bertz CT molecular complexity index is 193. The molecule has 1 saturated heterocycles. The van der Waals surface area contributed by atoms with E-state index < -0.39 is 5.97 Å². The summed E-state index contributed by atoms with van der Waals surface area (Å²) in [7, 11) is 0. The van der Waals surface area contributed by atoms with Crippen molar-refractivity contribution < 1.29 is 9.63 Å². The van der Waals surface area contributed by atoms with Gasteiger partial charge in [-0.2, -0.15) is 0 Å². The smallest absolute Gasteiger partial charge is 0.334 e. The lowest BCUT2D eigenvalue weighted by atomic mass is 10.2. The van der Waals surface area contributed by atoms with Crippen LogP contribution in [0.25, 0.3) is 10.4 Å². The van der Waals surface area contributed by atoms with Crippen LogP contribution in [0.5, 0.6) is 0 Å². The molecule has 1 aliphatic rings. The van der Waals surface area contributed by atoms with Gasteiger partial charge in [-0.15, -0.1) is 0 Å². The van der Waals surface area contributed by atoms with Crippen LogP contribution in [0.15, 0.2) is 5.28 Å². The van der Waals surface area contributed by atoms with Gasteiger partial charge in [0.2, 0.25) is 0 Å². The summed E-state index contributed by atoms with van der Waals surface area (Å²) in [5.41, 5.74) is 7.82. The topological polar surface area (TPSA) is 87.1 Å². The van der Waals surface area contributed by atoms with Crippen molar-refractivity contribution in [3.63, 3.8) is 0 Å². The maximum atomic E-state index is 10.9. The van der Waals surface area contributed by atoms with Crippen molar-refractivity contribution in [1.29, 1.82) is 0 Å². The summed E-state index contributed by atoms with van der Waals surface area (Å²) in [6.07, 6.45) is 1.70. The fourth-order valence-corrected chi connectivity index (χ4v) is 1.01. The standard InChI is InChI=1S/C5H8N4O2/c6-8-9-11-5(10)4-2-1-3-7-4/h4,7H,1-3H2. The third-order valence-corrected chi connectivity index (χ3v) is 1.51. The fraction of sp³-hybridized carbons (Fsp3) is 0.800. The van der Waals surface area contributed by atoms with E-state index in [9.17, 15) is 4.79 Å². The minimum absolute atomic E-state index is 0.291. The molecule has 1 N–H and O–H groups in total. The SMILES string of the molecule is [N-]=[N+]=NOC(=O)C1CCCN1. The Morgan fingerprint density at radius 3 is 3.18 bits per heavy atom. The van der Waals surface area contributed by atoms with E-state index in [1.54, 1.807) is 0 Å². The molecule has 0 bridgehead atoms. The molecule has 1 atom stereocenters. The molecule has 60 valence electrons. The van der Waals surface area contributed by atoms with Gasteiger partial charge in [0.1, 0.15) is 11.3 Å². The zero-order valence-electron chi connectivity index (χ0n) is 5.86. The van der Waals surface area contributed by atoms with Crippen LogP contribution >= 0.6 is 0 Å². The number of hydrogen-bond donors (Lipinski definition) is 1. The van der Waals surface area contributed by atoms with Crippen LogP contribution in [-0.4, -0.2) is 18.6 Å². The molecule has 0 aliphatic carbocycles. The van der Waals surface area contributed by atoms with Crippen molar-refractivity contribution in [2.45, 2.75) is 18.9 Å². The lowest BCUT2D eigenvalue weighted by molar-refractivity contribution is -0.146. The Hall–Kier alpha value is -1.26. The number of carbonyl (C=O) groups is 1. The average molecular weight is 156 g/mol. The van der Waals surface area contributed by atoms with Gasteiger partial charge in [0.05, 0.1) is 0 Å². The number of azide groups is 1. The Morgan fingerprint density at radius 1 is 1.82 bits per heavy atom. The molecule has 1 rings (SSSR count). The zero-order chi connectivity index (χ0) is 8.10. The summed E-state index contributed by atoms with van der Waals surface area (Å²) in [4.78, 5) is 17.3. The number of carbonyl (C=O) groups excluding carboxylic acids is 1. The van der Waals surface area contributed by atoms with Crippen molar-refractivity contribution in [3.8, 4) is 0 Å². The largest absolute Gasteiger partial charge is 0.357 e. The maximum absolute atomic E-state index is 10.9. The molecule has 0 saturated carbocycles. The molecule has 1 unspecified atom stereocenters. The highest BCUT2D eigenvalue weighted by atomic mass is 16.7. The molecule has 0 aromatic heterocycles. The van der Waals surface area contributed by atoms with Gasteiger partial charge in [0.15, 0.2) is 0 Å². The fourth-order valence-electron chi connectivity index (χ4n) is 1.01. The van der Waals surface area contributed by atoms with Gasteiger partial charge in [-0.3, -0.25) is 0 Å². The van der Waals surface area contributed by atoms with E-state index in [0.717, 1.165) is 19.4 Å². The summed E-state index contributed by atoms with van der Waals surface area (Å²) in [6.45, 7) is 0.816. The summed E-state index contributed by atoms with van der Waals surface area (Å²) in [6, 6.07) is -0.291. The predicted octanol–water partition coefficient (Wildman–Crippen LogP) is 0.507. The molecule has 0 spiro atoms. The quantitative estimate of drug-likeness (QED) is 0.273. The lowest BCUT2D eigenvalue weighted by Crippen LogP contribution is -2.31. The van der Waals surface area contributed by atoms with Gasteiger partial charge in [-0.1, -0.05) is 0 Å². The van der Waals surface area contributed by atoms with Crippen LogP contribution in [0.4, 0.5) is 0 Å². The van der Waals surface area contributed by atoms with Gasteiger partial charge in [-0.25, -0.2) is 4.79 Å². The van der Waals surface area contributed by atoms with Crippen molar-refractivity contribution in [2.24, 2.45) is 5.28 Å². The maximum Gasteiger partial charge on any atom is 0.334 e. The number of rotatable bonds is 2. The highest BCUT2D eigenvalue weighted by molar-refractivity contribution is 5.75.